The molecule has 0 saturated heterocycles. The third kappa shape index (κ3) is 43.1. The number of carboxylic acids is 1. The zero-order valence-electron chi connectivity index (χ0n) is 36.4. The van der Waals surface area contributed by atoms with E-state index in [4.69, 9.17) is 9.84 Å². The Kier molecular flexibility index (Phi) is 42.8. The van der Waals surface area contributed by atoms with E-state index in [9.17, 15) is 14.4 Å². The summed E-state index contributed by atoms with van der Waals surface area (Å²) in [7, 11) is 0. The van der Waals surface area contributed by atoms with Crippen molar-refractivity contribution in [1.29, 1.82) is 0 Å². The quantitative estimate of drug-likeness (QED) is 0.0476. The predicted molar refractivity (Wildman–Crippen MR) is 231 cm³/mol. The monoisotopic (exact) mass is 764 g/mol. The molecule has 0 aromatic carbocycles. The molecule has 0 aliphatic rings. The van der Waals surface area contributed by atoms with Crippen LogP contribution in [0.25, 0.3) is 0 Å². The first kappa shape index (κ1) is 52.4. The van der Waals surface area contributed by atoms with Crippen molar-refractivity contribution >= 4 is 17.8 Å². The minimum atomic E-state index is -1.01. The molecule has 6 nitrogen and oxygen atoms in total. The van der Waals surface area contributed by atoms with E-state index in [1.807, 2.05) is 0 Å². The van der Waals surface area contributed by atoms with Gasteiger partial charge in [-0.1, -0.05) is 226 Å². The molecule has 0 spiro atoms. The molecule has 54 heavy (non-hydrogen) atoms. The second kappa shape index (κ2) is 44.1. The highest BCUT2D eigenvalue weighted by molar-refractivity contribution is 5.80. The first-order chi connectivity index (χ1) is 26.5. The molecule has 0 saturated carbocycles. The number of nitrogens with one attached hydrogen (secondary N) is 1. The van der Waals surface area contributed by atoms with Crippen molar-refractivity contribution in [2.45, 2.75) is 283 Å². The molecule has 1 atom stereocenters. The standard InChI is InChI=1S/C48H93NO5/c1-3-5-7-9-11-13-15-17-18-19-20-21-22-23-24-26-28-30-35-39-43-48(53)54-45(40-36-32-29-27-25-16-14-12-10-8-6-4-2)41-37-33-31-34-38-42-46(50)49-44-47(51)52/h45H,3-44H2,1-2H3,(H,49,50)(H,51,52). The van der Waals surface area contributed by atoms with Gasteiger partial charge in [-0.15, -0.1) is 0 Å². The molecule has 0 aromatic rings. The first-order valence-corrected chi connectivity index (χ1v) is 24.2. The lowest BCUT2D eigenvalue weighted by Crippen LogP contribution is -2.28. The maximum absolute atomic E-state index is 12.8. The number of aliphatic carboxylic acids is 1. The minimum Gasteiger partial charge on any atom is -0.480 e. The van der Waals surface area contributed by atoms with Crippen LogP contribution in [0.5, 0.6) is 0 Å². The number of hydrogen-bond acceptors (Lipinski definition) is 4. The number of unbranched alkanes of at least 4 members (excludes halogenated alkanes) is 34. The van der Waals surface area contributed by atoms with Crippen LogP contribution in [-0.2, 0) is 19.1 Å². The van der Waals surface area contributed by atoms with E-state index < -0.39 is 5.97 Å². The molecule has 1 amide bonds. The van der Waals surface area contributed by atoms with Crippen LogP contribution < -0.4 is 5.32 Å². The van der Waals surface area contributed by atoms with Crippen LogP contribution in [0.2, 0.25) is 0 Å². The fourth-order valence-corrected chi connectivity index (χ4v) is 7.70. The van der Waals surface area contributed by atoms with Crippen molar-refractivity contribution in [3.63, 3.8) is 0 Å². The van der Waals surface area contributed by atoms with Crippen LogP contribution >= 0.6 is 0 Å². The van der Waals surface area contributed by atoms with Crippen molar-refractivity contribution in [2.75, 3.05) is 6.54 Å². The molecule has 0 fully saturated rings. The molecular weight excluding hydrogens is 671 g/mol. The SMILES string of the molecule is CCCCCCCCCCCCCCCCCCCCCCC(=O)OC(CCCCCCCCCCCCCC)CCCCCCCC(=O)NCC(=O)O. The molecule has 0 bridgehead atoms. The second-order valence-electron chi connectivity index (χ2n) is 16.7. The van der Waals surface area contributed by atoms with E-state index in [2.05, 4.69) is 19.2 Å². The third-order valence-electron chi connectivity index (χ3n) is 11.3. The normalized spacial score (nSPS) is 11.9. The van der Waals surface area contributed by atoms with Crippen LogP contribution in [0.4, 0.5) is 0 Å². The fourth-order valence-electron chi connectivity index (χ4n) is 7.70. The molecule has 0 heterocycles. The number of amides is 1. The van der Waals surface area contributed by atoms with E-state index in [0.717, 1.165) is 64.2 Å². The van der Waals surface area contributed by atoms with Crippen LogP contribution in [0.3, 0.4) is 0 Å². The average molecular weight is 764 g/mol. The summed E-state index contributed by atoms with van der Waals surface area (Å²) in [6, 6.07) is 0. The summed E-state index contributed by atoms with van der Waals surface area (Å²) in [6.45, 7) is 4.26. The van der Waals surface area contributed by atoms with Gasteiger partial charge < -0.3 is 15.2 Å². The van der Waals surface area contributed by atoms with E-state index in [1.165, 1.54) is 186 Å². The van der Waals surface area contributed by atoms with Crippen molar-refractivity contribution in [2.24, 2.45) is 0 Å². The Bertz CT molecular complexity index is 802. The van der Waals surface area contributed by atoms with Crippen molar-refractivity contribution < 1.29 is 24.2 Å². The Morgan fingerprint density at radius 1 is 0.407 bits per heavy atom. The Hall–Kier alpha value is -1.59. The highest BCUT2D eigenvalue weighted by Gasteiger charge is 2.14. The lowest BCUT2D eigenvalue weighted by molar-refractivity contribution is -0.150. The molecule has 0 radical (unpaired) electrons. The molecule has 320 valence electrons. The topological polar surface area (TPSA) is 92.7 Å². The zero-order valence-corrected chi connectivity index (χ0v) is 36.4. The van der Waals surface area contributed by atoms with Crippen LogP contribution in [-0.4, -0.2) is 35.6 Å². The molecular formula is C48H93NO5. The average Bonchev–Trinajstić information content (AvgIpc) is 3.16. The summed E-state index contributed by atoms with van der Waals surface area (Å²) < 4.78 is 6.06. The van der Waals surface area contributed by atoms with Gasteiger partial charge in [-0.05, 0) is 38.5 Å². The van der Waals surface area contributed by atoms with Gasteiger partial charge in [0.05, 0.1) is 0 Å². The van der Waals surface area contributed by atoms with Crippen LogP contribution in [0, 0.1) is 0 Å². The van der Waals surface area contributed by atoms with Crippen molar-refractivity contribution in [3.05, 3.63) is 0 Å². The van der Waals surface area contributed by atoms with Gasteiger partial charge in [0.2, 0.25) is 5.91 Å². The number of carbonyl (C=O) groups excluding carboxylic acids is 2. The number of carbonyl (C=O) groups is 3. The fraction of sp³-hybridized carbons (Fsp3) is 0.938. The molecule has 1 unspecified atom stereocenters. The third-order valence-corrected chi connectivity index (χ3v) is 11.3. The lowest BCUT2D eigenvalue weighted by atomic mass is 10.0. The zero-order chi connectivity index (χ0) is 39.4. The summed E-state index contributed by atoms with van der Waals surface area (Å²) in [5.41, 5.74) is 0. The smallest absolute Gasteiger partial charge is 0.322 e. The van der Waals surface area contributed by atoms with Crippen molar-refractivity contribution in [1.82, 2.24) is 5.32 Å². The van der Waals surface area contributed by atoms with Gasteiger partial charge in [0.15, 0.2) is 0 Å². The summed E-state index contributed by atoms with van der Waals surface area (Å²) in [5, 5.41) is 11.1. The van der Waals surface area contributed by atoms with Gasteiger partial charge in [-0.2, -0.15) is 0 Å². The maximum Gasteiger partial charge on any atom is 0.322 e. The summed E-state index contributed by atoms with van der Waals surface area (Å²) in [4.78, 5) is 35.1. The summed E-state index contributed by atoms with van der Waals surface area (Å²) >= 11 is 0. The molecule has 2 N–H and O–H groups in total. The van der Waals surface area contributed by atoms with E-state index in [0.29, 0.717) is 12.8 Å². The molecule has 0 aliphatic carbocycles. The highest BCUT2D eigenvalue weighted by Crippen LogP contribution is 2.20. The predicted octanol–water partition coefficient (Wildman–Crippen LogP) is 15.1. The Morgan fingerprint density at radius 3 is 1.00 bits per heavy atom. The summed E-state index contributed by atoms with van der Waals surface area (Å²) in [5.74, 6) is -1.21. The molecule has 6 heteroatoms. The van der Waals surface area contributed by atoms with Gasteiger partial charge in [0.25, 0.3) is 0 Å². The van der Waals surface area contributed by atoms with Gasteiger partial charge in [-0.25, -0.2) is 0 Å². The van der Waals surface area contributed by atoms with Gasteiger partial charge in [0.1, 0.15) is 12.6 Å². The number of ether oxygens (including phenoxy) is 1. The van der Waals surface area contributed by atoms with E-state index in [-0.39, 0.29) is 24.5 Å². The molecule has 0 aromatic heterocycles. The lowest BCUT2D eigenvalue weighted by Gasteiger charge is -2.18. The van der Waals surface area contributed by atoms with E-state index >= 15 is 0 Å². The Labute approximate surface area is 336 Å². The van der Waals surface area contributed by atoms with E-state index in [1.54, 1.807) is 0 Å². The molecule has 0 rings (SSSR count). The van der Waals surface area contributed by atoms with Gasteiger partial charge >= 0.3 is 11.9 Å². The molecule has 0 aliphatic heterocycles. The summed E-state index contributed by atoms with van der Waals surface area (Å²) in [6.07, 6.45) is 51.0. The minimum absolute atomic E-state index is 0.00582. The van der Waals surface area contributed by atoms with Crippen LogP contribution in [0.15, 0.2) is 0 Å². The number of esters is 1. The van der Waals surface area contributed by atoms with Crippen LogP contribution in [0.1, 0.15) is 277 Å². The number of carboxylic acid groups (broad SMARTS) is 1. The second-order valence-corrected chi connectivity index (χ2v) is 16.7. The Balaban J connectivity index is 4.01. The maximum atomic E-state index is 12.8. The number of rotatable bonds is 45. The highest BCUT2D eigenvalue weighted by atomic mass is 16.5. The van der Waals surface area contributed by atoms with Gasteiger partial charge in [0, 0.05) is 12.8 Å². The Morgan fingerprint density at radius 2 is 0.685 bits per heavy atom. The van der Waals surface area contributed by atoms with Crippen molar-refractivity contribution in [3.8, 4) is 0 Å². The number of hydrogen-bond donors (Lipinski definition) is 2. The largest absolute Gasteiger partial charge is 0.480 e. The first-order valence-electron chi connectivity index (χ1n) is 24.2. The van der Waals surface area contributed by atoms with Gasteiger partial charge in [-0.3, -0.25) is 14.4 Å².